The van der Waals surface area contributed by atoms with Crippen LogP contribution in [0.5, 0.6) is 0 Å². The Balaban J connectivity index is 2.10. The molecule has 0 amide bonds. The number of carbonyl (C=O) groups excluding carboxylic acids is 1. The highest BCUT2D eigenvalue weighted by atomic mass is 16.1. The number of anilines is 1. The van der Waals surface area contributed by atoms with Gasteiger partial charge in [0.25, 0.3) is 0 Å². The molecule has 1 aromatic rings. The Hall–Kier alpha value is -1.64. The number of hydrogen-bond acceptors (Lipinski definition) is 3. The molecule has 3 heteroatoms. The number of allylic oxidation sites excluding steroid dienone is 2. The Kier molecular flexibility index (Phi) is 2.81. The number of nitrogens with two attached hydrogens (primary N) is 1. The predicted molar refractivity (Wildman–Crippen MR) is 59.3 cm³/mol. The molecule has 1 aliphatic rings. The zero-order valence-electron chi connectivity index (χ0n) is 8.57. The summed E-state index contributed by atoms with van der Waals surface area (Å²) in [7, 11) is 0. The first-order valence-corrected chi connectivity index (χ1v) is 5.14. The maximum absolute atomic E-state index is 11.0. The molecule has 3 nitrogen and oxygen atoms in total. The van der Waals surface area contributed by atoms with E-state index in [1.165, 1.54) is 5.57 Å². The second kappa shape index (κ2) is 4.26. The molecule has 0 saturated carbocycles. The number of hydrogen-bond donors (Lipinski definition) is 1. The second-order valence-electron chi connectivity index (χ2n) is 3.83. The Morgan fingerprint density at radius 3 is 2.93 bits per heavy atom. The molecule has 2 rings (SSSR count). The minimum Gasteiger partial charge on any atom is -0.383 e. The van der Waals surface area contributed by atoms with Crippen LogP contribution in [-0.2, 0) is 11.2 Å². The molecule has 2 N–H and O–H groups in total. The zero-order chi connectivity index (χ0) is 10.7. The lowest BCUT2D eigenvalue weighted by Gasteiger charge is -2.12. The van der Waals surface area contributed by atoms with Gasteiger partial charge in [-0.3, -0.25) is 4.79 Å². The van der Waals surface area contributed by atoms with Crippen LogP contribution in [0.25, 0.3) is 0 Å². The van der Waals surface area contributed by atoms with E-state index in [-0.39, 0.29) is 0 Å². The van der Waals surface area contributed by atoms with Crippen LogP contribution in [0, 0.1) is 0 Å². The van der Waals surface area contributed by atoms with Crippen LogP contribution in [0.1, 0.15) is 24.8 Å². The Morgan fingerprint density at radius 1 is 1.40 bits per heavy atom. The molecule has 15 heavy (non-hydrogen) atoms. The van der Waals surface area contributed by atoms with Crippen molar-refractivity contribution in [3.63, 3.8) is 0 Å². The average molecular weight is 202 g/mol. The van der Waals surface area contributed by atoms with Crippen LogP contribution in [-0.4, -0.2) is 10.8 Å². The van der Waals surface area contributed by atoms with Crippen LogP contribution in [0.3, 0.4) is 0 Å². The number of carbonyl (C=O) groups is 1. The summed E-state index contributed by atoms with van der Waals surface area (Å²) in [4.78, 5) is 15.1. The summed E-state index contributed by atoms with van der Waals surface area (Å²) in [5.41, 5.74) is 8.11. The molecule has 0 atom stereocenters. The molecule has 0 aromatic carbocycles. The van der Waals surface area contributed by atoms with Crippen LogP contribution in [0.15, 0.2) is 30.0 Å². The fraction of sp³-hybridized carbons (Fsp3) is 0.333. The van der Waals surface area contributed by atoms with Gasteiger partial charge in [0, 0.05) is 19.0 Å². The topological polar surface area (TPSA) is 56.0 Å². The first kappa shape index (κ1) is 9.90. The summed E-state index contributed by atoms with van der Waals surface area (Å²) in [5.74, 6) is 0.924. The first-order chi connectivity index (χ1) is 7.25. The van der Waals surface area contributed by atoms with Gasteiger partial charge in [0.1, 0.15) is 11.6 Å². The number of pyridine rings is 1. The third-order valence-electron chi connectivity index (χ3n) is 2.69. The average Bonchev–Trinajstić information content (AvgIpc) is 2.25. The monoisotopic (exact) mass is 202 g/mol. The number of Topliss-reactive ketones (excluding diaryl/α,β-unsaturated/α-hetero) is 1. The normalized spacial score (nSPS) is 16.3. The molecule has 0 aliphatic heterocycles. The molecule has 0 radical (unpaired) electrons. The molecule has 0 fully saturated rings. The minimum atomic E-state index is 0.331. The second-order valence-corrected chi connectivity index (χ2v) is 3.83. The minimum absolute atomic E-state index is 0.331. The van der Waals surface area contributed by atoms with E-state index in [9.17, 15) is 4.79 Å². The van der Waals surface area contributed by atoms with E-state index < -0.39 is 0 Å². The quantitative estimate of drug-likeness (QED) is 0.745. The van der Waals surface area contributed by atoms with Crippen molar-refractivity contribution in [1.82, 2.24) is 4.98 Å². The van der Waals surface area contributed by atoms with Crippen LogP contribution in [0.4, 0.5) is 5.82 Å². The highest BCUT2D eigenvalue weighted by Crippen LogP contribution is 2.21. The van der Waals surface area contributed by atoms with E-state index in [1.54, 1.807) is 6.20 Å². The van der Waals surface area contributed by atoms with Crippen molar-refractivity contribution in [1.29, 1.82) is 0 Å². The lowest BCUT2D eigenvalue weighted by molar-refractivity contribution is -0.118. The largest absolute Gasteiger partial charge is 0.383 e. The van der Waals surface area contributed by atoms with E-state index in [4.69, 9.17) is 5.73 Å². The number of nitrogen functional groups attached to an aromatic ring is 1. The smallest absolute Gasteiger partial charge is 0.136 e. The molecule has 1 aromatic heterocycles. The van der Waals surface area contributed by atoms with Gasteiger partial charge in [0.2, 0.25) is 0 Å². The lowest BCUT2D eigenvalue weighted by atomic mass is 9.94. The maximum atomic E-state index is 11.0. The number of aromatic nitrogens is 1. The molecular weight excluding hydrogens is 188 g/mol. The fourth-order valence-corrected chi connectivity index (χ4v) is 1.77. The fourth-order valence-electron chi connectivity index (χ4n) is 1.77. The van der Waals surface area contributed by atoms with Gasteiger partial charge in [-0.25, -0.2) is 4.98 Å². The molecule has 0 unspecified atom stereocenters. The standard InChI is InChI=1S/C12H14N2O/c13-12-10(2-1-7-14-12)8-9-3-5-11(15)6-4-9/h1-3,7H,4-6,8H2,(H2,13,14). The van der Waals surface area contributed by atoms with Crippen molar-refractivity contribution in [3.05, 3.63) is 35.5 Å². The number of ketones is 1. The number of rotatable bonds is 2. The molecule has 78 valence electrons. The highest BCUT2D eigenvalue weighted by molar-refractivity contribution is 5.81. The lowest BCUT2D eigenvalue weighted by Crippen LogP contribution is -2.06. The van der Waals surface area contributed by atoms with Crippen LogP contribution in [0.2, 0.25) is 0 Å². The van der Waals surface area contributed by atoms with E-state index >= 15 is 0 Å². The maximum Gasteiger partial charge on any atom is 0.136 e. The van der Waals surface area contributed by atoms with Crippen LogP contribution >= 0.6 is 0 Å². The Labute approximate surface area is 89.0 Å². The van der Waals surface area contributed by atoms with Gasteiger partial charge in [-0.05, 0) is 24.5 Å². The van der Waals surface area contributed by atoms with Gasteiger partial charge in [-0.1, -0.05) is 17.7 Å². The zero-order valence-corrected chi connectivity index (χ0v) is 8.57. The van der Waals surface area contributed by atoms with Crippen molar-refractivity contribution in [3.8, 4) is 0 Å². The summed E-state index contributed by atoms with van der Waals surface area (Å²) >= 11 is 0. The SMILES string of the molecule is Nc1ncccc1CC1=CCC(=O)CC1. The summed E-state index contributed by atoms with van der Waals surface area (Å²) < 4.78 is 0. The molecule has 0 spiro atoms. The van der Waals surface area contributed by atoms with E-state index in [0.717, 1.165) is 18.4 Å². The van der Waals surface area contributed by atoms with E-state index in [1.807, 2.05) is 18.2 Å². The van der Waals surface area contributed by atoms with Gasteiger partial charge in [-0.2, -0.15) is 0 Å². The first-order valence-electron chi connectivity index (χ1n) is 5.14. The van der Waals surface area contributed by atoms with Gasteiger partial charge in [0.05, 0.1) is 0 Å². The summed E-state index contributed by atoms with van der Waals surface area (Å²) in [6.45, 7) is 0. The van der Waals surface area contributed by atoms with Crippen molar-refractivity contribution in [2.24, 2.45) is 0 Å². The third kappa shape index (κ3) is 2.43. The van der Waals surface area contributed by atoms with Crippen LogP contribution < -0.4 is 5.73 Å². The predicted octanol–water partition coefficient (Wildman–Crippen LogP) is 1.89. The molecule has 0 saturated heterocycles. The van der Waals surface area contributed by atoms with Gasteiger partial charge in [0.15, 0.2) is 0 Å². The molecule has 1 heterocycles. The highest BCUT2D eigenvalue weighted by Gasteiger charge is 2.11. The van der Waals surface area contributed by atoms with Crippen molar-refractivity contribution < 1.29 is 4.79 Å². The Morgan fingerprint density at radius 2 is 2.27 bits per heavy atom. The van der Waals surface area contributed by atoms with Gasteiger partial charge >= 0.3 is 0 Å². The van der Waals surface area contributed by atoms with Crippen molar-refractivity contribution in [2.75, 3.05) is 5.73 Å². The van der Waals surface area contributed by atoms with Gasteiger partial charge < -0.3 is 5.73 Å². The molecule has 1 aliphatic carbocycles. The molecule has 0 bridgehead atoms. The number of nitrogens with zero attached hydrogens (tertiary/aromatic N) is 1. The van der Waals surface area contributed by atoms with E-state index in [0.29, 0.717) is 24.4 Å². The van der Waals surface area contributed by atoms with Gasteiger partial charge in [-0.15, -0.1) is 0 Å². The molecular formula is C12H14N2O. The van der Waals surface area contributed by atoms with Crippen molar-refractivity contribution in [2.45, 2.75) is 25.7 Å². The summed E-state index contributed by atoms with van der Waals surface area (Å²) in [5, 5.41) is 0. The van der Waals surface area contributed by atoms with Crippen molar-refractivity contribution >= 4 is 11.6 Å². The summed E-state index contributed by atoms with van der Waals surface area (Å²) in [6, 6.07) is 3.87. The Bertz CT molecular complexity index is 410. The van der Waals surface area contributed by atoms with E-state index in [2.05, 4.69) is 4.98 Å². The summed E-state index contributed by atoms with van der Waals surface area (Å²) in [6.07, 6.45) is 6.66. The third-order valence-corrected chi connectivity index (χ3v) is 2.69.